The van der Waals surface area contributed by atoms with Gasteiger partial charge in [0.1, 0.15) is 0 Å². The Morgan fingerprint density at radius 3 is 2.57 bits per heavy atom. The Kier molecular flexibility index (Phi) is 3.20. The molecule has 1 heteroatoms. The van der Waals surface area contributed by atoms with Crippen LogP contribution in [0, 0.1) is 5.92 Å². The molecule has 76 valence electrons. The summed E-state index contributed by atoms with van der Waals surface area (Å²) >= 11 is 0. The van der Waals surface area contributed by atoms with E-state index < -0.39 is 0 Å². The molecule has 0 unspecified atom stereocenters. The van der Waals surface area contributed by atoms with Gasteiger partial charge in [0.05, 0.1) is 6.10 Å². The highest BCUT2D eigenvalue weighted by Gasteiger charge is 2.24. The van der Waals surface area contributed by atoms with Crippen LogP contribution in [-0.2, 0) is 6.42 Å². The molecule has 0 aliphatic heterocycles. The monoisotopic (exact) mass is 190 g/mol. The van der Waals surface area contributed by atoms with Crippen LogP contribution in [0.4, 0.5) is 0 Å². The molecule has 0 spiro atoms. The number of aliphatic hydroxyl groups excluding tert-OH is 1. The number of hydrogen-bond acceptors (Lipinski definition) is 1. The van der Waals surface area contributed by atoms with E-state index in [0.29, 0.717) is 5.92 Å². The Hall–Kier alpha value is -0.820. The van der Waals surface area contributed by atoms with Crippen molar-refractivity contribution in [2.75, 3.05) is 0 Å². The predicted molar refractivity (Wildman–Crippen MR) is 58.1 cm³/mol. The lowest BCUT2D eigenvalue weighted by Crippen LogP contribution is -2.13. The summed E-state index contributed by atoms with van der Waals surface area (Å²) in [4.78, 5) is 0. The SMILES string of the molecule is O[C@H]1CCC[C@H]1CCc1ccccc1. The van der Waals surface area contributed by atoms with Gasteiger partial charge in [0.2, 0.25) is 0 Å². The molecule has 0 amide bonds. The van der Waals surface area contributed by atoms with Gasteiger partial charge >= 0.3 is 0 Å². The summed E-state index contributed by atoms with van der Waals surface area (Å²) in [5, 5.41) is 9.67. The zero-order valence-corrected chi connectivity index (χ0v) is 8.52. The van der Waals surface area contributed by atoms with Gasteiger partial charge in [-0.1, -0.05) is 36.8 Å². The fourth-order valence-corrected chi connectivity index (χ4v) is 2.35. The molecule has 2 rings (SSSR count). The van der Waals surface area contributed by atoms with Crippen molar-refractivity contribution in [3.05, 3.63) is 35.9 Å². The fraction of sp³-hybridized carbons (Fsp3) is 0.538. The molecule has 1 fully saturated rings. The Morgan fingerprint density at radius 1 is 1.14 bits per heavy atom. The van der Waals surface area contributed by atoms with Crippen molar-refractivity contribution in [1.29, 1.82) is 0 Å². The first kappa shape index (κ1) is 9.72. The Bertz CT molecular complexity index is 268. The largest absolute Gasteiger partial charge is 0.393 e. The second-order valence-corrected chi connectivity index (χ2v) is 4.28. The molecular weight excluding hydrogens is 172 g/mol. The highest BCUT2D eigenvalue weighted by atomic mass is 16.3. The molecule has 2 atom stereocenters. The van der Waals surface area contributed by atoms with Gasteiger partial charge < -0.3 is 5.11 Å². The van der Waals surface area contributed by atoms with Crippen LogP contribution >= 0.6 is 0 Å². The van der Waals surface area contributed by atoms with Gasteiger partial charge in [0.25, 0.3) is 0 Å². The first-order valence-electron chi connectivity index (χ1n) is 5.58. The first-order valence-corrected chi connectivity index (χ1v) is 5.58. The Labute approximate surface area is 85.8 Å². The van der Waals surface area contributed by atoms with E-state index in [1.165, 1.54) is 18.4 Å². The molecule has 0 heterocycles. The molecule has 1 aliphatic carbocycles. The second kappa shape index (κ2) is 4.61. The summed E-state index contributed by atoms with van der Waals surface area (Å²) in [5.74, 6) is 0.551. The van der Waals surface area contributed by atoms with E-state index in [4.69, 9.17) is 0 Å². The third kappa shape index (κ3) is 2.36. The predicted octanol–water partition coefficient (Wildman–Crippen LogP) is 2.78. The van der Waals surface area contributed by atoms with E-state index in [9.17, 15) is 5.11 Å². The first-order chi connectivity index (χ1) is 6.86. The topological polar surface area (TPSA) is 20.2 Å². The molecule has 0 bridgehead atoms. The summed E-state index contributed by atoms with van der Waals surface area (Å²) in [5.41, 5.74) is 1.40. The van der Waals surface area contributed by atoms with Crippen molar-refractivity contribution in [1.82, 2.24) is 0 Å². The minimum absolute atomic E-state index is 0.0290. The standard InChI is InChI=1S/C13H18O/c14-13-8-4-7-12(13)10-9-11-5-2-1-3-6-11/h1-3,5-6,12-14H,4,7-10H2/t12-,13-/m0/s1. The van der Waals surface area contributed by atoms with E-state index in [2.05, 4.69) is 24.3 Å². The van der Waals surface area contributed by atoms with Crippen LogP contribution in [0.1, 0.15) is 31.2 Å². The van der Waals surface area contributed by atoms with E-state index in [-0.39, 0.29) is 6.10 Å². The number of hydrogen-bond donors (Lipinski definition) is 1. The zero-order valence-electron chi connectivity index (χ0n) is 8.52. The third-order valence-electron chi connectivity index (χ3n) is 3.27. The molecule has 1 nitrogen and oxygen atoms in total. The van der Waals surface area contributed by atoms with Crippen molar-refractivity contribution in [3.8, 4) is 0 Å². The van der Waals surface area contributed by atoms with E-state index >= 15 is 0 Å². The summed E-state index contributed by atoms with van der Waals surface area (Å²) < 4.78 is 0. The molecule has 1 aromatic carbocycles. The Balaban J connectivity index is 1.82. The van der Waals surface area contributed by atoms with Crippen LogP contribution in [0.25, 0.3) is 0 Å². The maximum Gasteiger partial charge on any atom is 0.0568 e. The van der Waals surface area contributed by atoms with Crippen molar-refractivity contribution < 1.29 is 5.11 Å². The summed E-state index contributed by atoms with van der Waals surface area (Å²) in [6, 6.07) is 10.6. The third-order valence-corrected chi connectivity index (χ3v) is 3.27. The van der Waals surface area contributed by atoms with Crippen LogP contribution in [0.15, 0.2) is 30.3 Å². The van der Waals surface area contributed by atoms with Crippen LogP contribution in [-0.4, -0.2) is 11.2 Å². The minimum atomic E-state index is -0.0290. The molecule has 1 N–H and O–H groups in total. The summed E-state index contributed by atoms with van der Waals surface area (Å²) in [6.07, 6.45) is 5.67. The molecular formula is C13H18O. The molecule has 0 saturated heterocycles. The number of aryl methyl sites for hydroxylation is 1. The van der Waals surface area contributed by atoms with E-state index in [1.54, 1.807) is 0 Å². The fourth-order valence-electron chi connectivity index (χ4n) is 2.35. The van der Waals surface area contributed by atoms with Gasteiger partial charge in [-0.05, 0) is 37.2 Å². The quantitative estimate of drug-likeness (QED) is 0.777. The second-order valence-electron chi connectivity index (χ2n) is 4.28. The highest BCUT2D eigenvalue weighted by Crippen LogP contribution is 2.29. The average molecular weight is 190 g/mol. The van der Waals surface area contributed by atoms with Gasteiger partial charge in [-0.15, -0.1) is 0 Å². The van der Waals surface area contributed by atoms with Gasteiger partial charge in [-0.2, -0.15) is 0 Å². The van der Waals surface area contributed by atoms with Gasteiger partial charge in [0.15, 0.2) is 0 Å². The molecule has 1 aromatic rings. The minimum Gasteiger partial charge on any atom is -0.393 e. The normalized spacial score (nSPS) is 26.6. The summed E-state index contributed by atoms with van der Waals surface area (Å²) in [7, 11) is 0. The van der Waals surface area contributed by atoms with Gasteiger partial charge in [-0.25, -0.2) is 0 Å². The van der Waals surface area contributed by atoms with Crippen molar-refractivity contribution in [2.45, 2.75) is 38.2 Å². The molecule has 1 saturated carbocycles. The molecule has 0 radical (unpaired) electrons. The number of aliphatic hydroxyl groups is 1. The average Bonchev–Trinajstić information content (AvgIpc) is 2.63. The number of benzene rings is 1. The molecule has 14 heavy (non-hydrogen) atoms. The lowest BCUT2D eigenvalue weighted by atomic mass is 9.97. The van der Waals surface area contributed by atoms with Crippen molar-refractivity contribution in [3.63, 3.8) is 0 Å². The van der Waals surface area contributed by atoms with Crippen LogP contribution in [0.5, 0.6) is 0 Å². The molecule has 1 aliphatic rings. The van der Waals surface area contributed by atoms with E-state index in [1.807, 2.05) is 6.07 Å². The lowest BCUT2D eigenvalue weighted by Gasteiger charge is -2.13. The number of rotatable bonds is 3. The summed E-state index contributed by atoms with van der Waals surface area (Å²) in [6.45, 7) is 0. The maximum absolute atomic E-state index is 9.67. The van der Waals surface area contributed by atoms with Gasteiger partial charge in [-0.3, -0.25) is 0 Å². The molecule has 0 aromatic heterocycles. The Morgan fingerprint density at radius 2 is 1.93 bits per heavy atom. The van der Waals surface area contributed by atoms with Crippen LogP contribution < -0.4 is 0 Å². The smallest absolute Gasteiger partial charge is 0.0568 e. The van der Waals surface area contributed by atoms with E-state index in [0.717, 1.165) is 19.3 Å². The van der Waals surface area contributed by atoms with Crippen molar-refractivity contribution >= 4 is 0 Å². The van der Waals surface area contributed by atoms with Crippen molar-refractivity contribution in [2.24, 2.45) is 5.92 Å². The van der Waals surface area contributed by atoms with Crippen LogP contribution in [0.3, 0.4) is 0 Å². The lowest BCUT2D eigenvalue weighted by molar-refractivity contribution is 0.128. The van der Waals surface area contributed by atoms with Crippen LogP contribution in [0.2, 0.25) is 0 Å². The highest BCUT2D eigenvalue weighted by molar-refractivity contribution is 5.14. The van der Waals surface area contributed by atoms with Gasteiger partial charge in [0, 0.05) is 0 Å². The maximum atomic E-state index is 9.67. The zero-order chi connectivity index (χ0) is 9.80.